The van der Waals surface area contributed by atoms with Crippen molar-refractivity contribution in [1.29, 1.82) is 0 Å². The van der Waals surface area contributed by atoms with E-state index in [0.29, 0.717) is 11.5 Å². The molecule has 0 saturated carbocycles. The molecule has 0 bridgehead atoms. The summed E-state index contributed by atoms with van der Waals surface area (Å²) in [6.45, 7) is 2.10. The van der Waals surface area contributed by atoms with Crippen LogP contribution in [0.4, 0.5) is 22.7 Å². The zero-order chi connectivity index (χ0) is 31.6. The van der Waals surface area contributed by atoms with Gasteiger partial charge in [0.15, 0.2) is 0 Å². The topological polar surface area (TPSA) is 33.5 Å². The standard InChI is InChI=1S/C42H25N4OS.Pt/c1-2-11-28(12-3-1)44-27-45(38-19-8-7-18-37(38)44)29-13-10-14-30(23-29)47-31-21-22-33-32-15-4-6-17-36(32)46(39(33)24-31)42-25-41-35(26-43-42)34-16-5-9-20-40(34)48-41;/h1-22,25-27H;/q-3;. The molecule has 4 heterocycles. The number of benzene rings is 6. The third-order valence-electron chi connectivity index (χ3n) is 8.93. The van der Waals surface area contributed by atoms with Crippen LogP contribution in [0.25, 0.3) is 47.8 Å². The Labute approximate surface area is 301 Å². The van der Waals surface area contributed by atoms with Crippen LogP contribution in [-0.2, 0) is 21.1 Å². The Morgan fingerprint density at radius 1 is 0.592 bits per heavy atom. The average Bonchev–Trinajstić information content (AvgIpc) is 3.81. The van der Waals surface area contributed by atoms with Crippen LogP contribution in [0.1, 0.15) is 0 Å². The monoisotopic (exact) mass is 828 g/mol. The number of pyridine rings is 1. The molecule has 238 valence electrons. The van der Waals surface area contributed by atoms with Gasteiger partial charge in [-0.2, -0.15) is 12.1 Å². The molecule has 0 radical (unpaired) electrons. The molecule has 0 saturated heterocycles. The molecule has 0 fully saturated rings. The van der Waals surface area contributed by atoms with Crippen molar-refractivity contribution in [3.05, 3.63) is 165 Å². The number of rotatable bonds is 5. The van der Waals surface area contributed by atoms with Crippen molar-refractivity contribution in [2.24, 2.45) is 0 Å². The number of para-hydroxylation sites is 4. The maximum absolute atomic E-state index is 6.49. The van der Waals surface area contributed by atoms with Gasteiger partial charge in [-0.15, -0.1) is 59.4 Å². The van der Waals surface area contributed by atoms with Crippen LogP contribution in [0.5, 0.6) is 11.5 Å². The molecule has 7 heteroatoms. The van der Waals surface area contributed by atoms with Gasteiger partial charge in [-0.3, -0.25) is 0 Å². The van der Waals surface area contributed by atoms with Crippen LogP contribution in [0.2, 0.25) is 0 Å². The summed E-state index contributed by atoms with van der Waals surface area (Å²) in [4.78, 5) is 9.32. The van der Waals surface area contributed by atoms with Crippen molar-refractivity contribution in [3.63, 3.8) is 0 Å². The molecule has 9 aromatic rings. The molecule has 10 rings (SSSR count). The van der Waals surface area contributed by atoms with Crippen molar-refractivity contribution < 1.29 is 25.8 Å². The number of hydrogen-bond acceptors (Lipinski definition) is 5. The van der Waals surface area contributed by atoms with Gasteiger partial charge in [-0.05, 0) is 47.9 Å². The third-order valence-corrected chi connectivity index (χ3v) is 10.1. The number of fused-ring (bicyclic) bond motifs is 7. The Morgan fingerprint density at radius 2 is 1.33 bits per heavy atom. The summed E-state index contributed by atoms with van der Waals surface area (Å²) in [6, 6.07) is 55.1. The van der Waals surface area contributed by atoms with E-state index in [2.05, 4.69) is 148 Å². The Hall–Kier alpha value is -5.42. The van der Waals surface area contributed by atoms with E-state index in [-0.39, 0.29) is 21.1 Å². The first-order valence-electron chi connectivity index (χ1n) is 15.8. The summed E-state index contributed by atoms with van der Waals surface area (Å²) in [6.07, 6.45) is 2.00. The SMILES string of the molecule is [Pt].[c-]1c(Oc2[c-]c3c(cc2)c2ccccc2n3-c2cc3sc4ccccc4c3cn2)cccc1N1[CH-]N(c2ccccc2)c2ccccc21. The number of aromatic nitrogens is 2. The fourth-order valence-electron chi connectivity index (χ4n) is 6.76. The maximum Gasteiger partial charge on any atom is 0.137 e. The van der Waals surface area contributed by atoms with Gasteiger partial charge in [-0.1, -0.05) is 72.2 Å². The molecule has 0 atom stereocenters. The number of hydrogen-bond donors (Lipinski definition) is 0. The molecule has 49 heavy (non-hydrogen) atoms. The molecule has 0 spiro atoms. The zero-order valence-electron chi connectivity index (χ0n) is 25.9. The molecule has 0 unspecified atom stereocenters. The van der Waals surface area contributed by atoms with Gasteiger partial charge < -0.3 is 19.1 Å². The van der Waals surface area contributed by atoms with Crippen molar-refractivity contribution in [3.8, 4) is 17.3 Å². The summed E-state index contributed by atoms with van der Waals surface area (Å²) in [5, 5.41) is 4.65. The minimum atomic E-state index is 0. The molecule has 5 nitrogen and oxygen atoms in total. The molecule has 0 amide bonds. The Morgan fingerprint density at radius 3 is 2.20 bits per heavy atom. The van der Waals surface area contributed by atoms with Crippen LogP contribution >= 0.6 is 11.3 Å². The van der Waals surface area contributed by atoms with Crippen molar-refractivity contribution in [2.45, 2.75) is 0 Å². The number of ether oxygens (including phenoxy) is 1. The summed E-state index contributed by atoms with van der Waals surface area (Å²) in [7, 11) is 0. The minimum Gasteiger partial charge on any atom is -0.509 e. The van der Waals surface area contributed by atoms with Crippen LogP contribution < -0.4 is 14.5 Å². The Kier molecular flexibility index (Phi) is 7.22. The maximum atomic E-state index is 6.49. The van der Waals surface area contributed by atoms with E-state index in [1.54, 1.807) is 11.3 Å². The predicted octanol–water partition coefficient (Wildman–Crippen LogP) is 11.3. The first-order chi connectivity index (χ1) is 23.8. The van der Waals surface area contributed by atoms with Gasteiger partial charge in [-0.25, -0.2) is 4.98 Å². The molecular weight excluding hydrogens is 804 g/mol. The second-order valence-corrected chi connectivity index (χ2v) is 12.8. The van der Waals surface area contributed by atoms with E-state index >= 15 is 0 Å². The van der Waals surface area contributed by atoms with Crippen LogP contribution in [0.3, 0.4) is 0 Å². The van der Waals surface area contributed by atoms with Crippen LogP contribution in [0, 0.1) is 18.8 Å². The fraction of sp³-hybridized carbons (Fsp3) is 0. The van der Waals surface area contributed by atoms with Crippen molar-refractivity contribution in [1.82, 2.24) is 9.55 Å². The molecule has 1 aliphatic rings. The predicted molar refractivity (Wildman–Crippen MR) is 197 cm³/mol. The van der Waals surface area contributed by atoms with Crippen LogP contribution in [-0.4, -0.2) is 9.55 Å². The quantitative estimate of drug-likeness (QED) is 0.162. The smallest absolute Gasteiger partial charge is 0.137 e. The van der Waals surface area contributed by atoms with E-state index in [1.807, 2.05) is 30.5 Å². The first-order valence-corrected chi connectivity index (χ1v) is 16.6. The van der Waals surface area contributed by atoms with Crippen molar-refractivity contribution in [2.75, 3.05) is 9.80 Å². The number of thiophene rings is 1. The molecule has 6 aromatic carbocycles. The van der Waals surface area contributed by atoms with E-state index in [1.165, 1.54) is 20.2 Å². The number of anilines is 4. The summed E-state index contributed by atoms with van der Waals surface area (Å²) >= 11 is 1.79. The largest absolute Gasteiger partial charge is 0.509 e. The normalized spacial score (nSPS) is 12.6. The van der Waals surface area contributed by atoms with Gasteiger partial charge in [0.05, 0.1) is 0 Å². The van der Waals surface area contributed by atoms with E-state index in [9.17, 15) is 0 Å². The van der Waals surface area contributed by atoms with Gasteiger partial charge in [0.25, 0.3) is 0 Å². The molecular formula is C42H25N4OPtS-3. The van der Waals surface area contributed by atoms with Crippen LogP contribution in [0.15, 0.2) is 146 Å². The molecule has 3 aromatic heterocycles. The summed E-state index contributed by atoms with van der Waals surface area (Å²) in [5.74, 6) is 2.08. The minimum absolute atomic E-state index is 0. The van der Waals surface area contributed by atoms with E-state index in [0.717, 1.165) is 50.4 Å². The van der Waals surface area contributed by atoms with E-state index in [4.69, 9.17) is 9.72 Å². The second kappa shape index (κ2) is 11.9. The summed E-state index contributed by atoms with van der Waals surface area (Å²) < 4.78 is 11.1. The summed E-state index contributed by atoms with van der Waals surface area (Å²) in [5.41, 5.74) is 6.16. The van der Waals surface area contributed by atoms with Gasteiger partial charge in [0.1, 0.15) is 5.82 Å². The molecule has 0 aliphatic carbocycles. The Bertz CT molecular complexity index is 2670. The molecule has 0 N–H and O–H groups in total. The zero-order valence-corrected chi connectivity index (χ0v) is 28.9. The van der Waals surface area contributed by atoms with Gasteiger partial charge in [0.2, 0.25) is 0 Å². The molecule has 1 aliphatic heterocycles. The van der Waals surface area contributed by atoms with Crippen molar-refractivity contribution >= 4 is 76.1 Å². The number of nitrogens with zero attached hydrogens (tertiary/aromatic N) is 4. The van der Waals surface area contributed by atoms with Gasteiger partial charge >= 0.3 is 0 Å². The average molecular weight is 829 g/mol. The second-order valence-electron chi connectivity index (χ2n) is 11.8. The van der Waals surface area contributed by atoms with Gasteiger partial charge in [0, 0.05) is 81.5 Å². The fourth-order valence-corrected chi connectivity index (χ4v) is 7.86. The van der Waals surface area contributed by atoms with E-state index < -0.39 is 0 Å². The Balaban J connectivity index is 0.00000325. The third kappa shape index (κ3) is 4.90. The first kappa shape index (κ1) is 29.7.